The number of carbonyl (C=O) groups is 1. The van der Waals surface area contributed by atoms with Crippen molar-refractivity contribution >= 4 is 49.9 Å². The van der Waals surface area contributed by atoms with E-state index in [0.717, 1.165) is 12.8 Å². The third kappa shape index (κ3) is 8.42. The summed E-state index contributed by atoms with van der Waals surface area (Å²) in [7, 11) is -4.98. The van der Waals surface area contributed by atoms with Gasteiger partial charge in [-0.05, 0) is 53.5 Å². The lowest BCUT2D eigenvalue weighted by molar-refractivity contribution is -0.106. The molecule has 48 heavy (non-hydrogen) atoms. The molecule has 0 aliphatic carbocycles. The predicted molar refractivity (Wildman–Crippen MR) is 175 cm³/mol. The fourth-order valence-corrected chi connectivity index (χ4v) is 7.04. The Labute approximate surface area is 278 Å². The molecule has 0 radical (unpaired) electrons. The molecule has 1 aliphatic rings. The molecule has 2 N–H and O–H groups in total. The van der Waals surface area contributed by atoms with E-state index in [1.54, 1.807) is 34.9 Å². The van der Waals surface area contributed by atoms with Crippen LogP contribution in [-0.2, 0) is 14.8 Å². The van der Waals surface area contributed by atoms with Crippen LogP contribution in [0.4, 0.5) is 34.0 Å². The predicted octanol–water partition coefficient (Wildman–Crippen LogP) is 7.42. The number of aryl methyl sites for hydroxylation is 1. The number of anilines is 2. The van der Waals surface area contributed by atoms with E-state index < -0.39 is 45.2 Å². The van der Waals surface area contributed by atoms with Crippen LogP contribution in [-0.4, -0.2) is 71.0 Å². The monoisotopic (exact) mass is 710 g/mol. The standard InChI is InChI=1S/C31H34F4N6O5S2/c1-17-23(32)24(40-48(43,44)16-31(33,34)35)20-10-6-7-11-21(20)25(17)45-27-26(47-18(2)37-27)22-12-13-36-28(39-22)38-19-9-8-14-41(15-19)29(42)46-30(3,4)5/h6-7,10-13,19,40H,8-9,14-16H2,1-5H3,(H,36,38,39)/t19-/m0/s1. The Kier molecular flexibility index (Phi) is 9.74. The summed E-state index contributed by atoms with van der Waals surface area (Å²) < 4.78 is 92.5. The molecule has 0 saturated carbocycles. The van der Waals surface area contributed by atoms with Gasteiger partial charge >= 0.3 is 12.3 Å². The van der Waals surface area contributed by atoms with Gasteiger partial charge in [0.05, 0.1) is 16.4 Å². The Bertz CT molecular complexity index is 1950. The molecule has 0 spiro atoms. The molecule has 4 aromatic rings. The highest BCUT2D eigenvalue weighted by Gasteiger charge is 2.36. The second kappa shape index (κ2) is 13.3. The van der Waals surface area contributed by atoms with E-state index in [1.165, 1.54) is 36.5 Å². The Morgan fingerprint density at radius 2 is 1.81 bits per heavy atom. The topological polar surface area (TPSA) is 136 Å². The highest BCUT2D eigenvalue weighted by molar-refractivity contribution is 7.92. The maximum absolute atomic E-state index is 15.8. The molecular formula is C31H34F4N6O5S2. The zero-order valence-electron chi connectivity index (χ0n) is 26.7. The number of ether oxygens (including phenoxy) is 2. The first-order chi connectivity index (χ1) is 22.4. The molecule has 17 heteroatoms. The number of sulfonamides is 1. The van der Waals surface area contributed by atoms with Crippen molar-refractivity contribution in [3.05, 3.63) is 52.9 Å². The van der Waals surface area contributed by atoms with Crippen molar-refractivity contribution in [2.24, 2.45) is 0 Å². The van der Waals surface area contributed by atoms with Crippen LogP contribution in [0.25, 0.3) is 21.3 Å². The summed E-state index contributed by atoms with van der Waals surface area (Å²) in [6, 6.07) is 7.53. The molecule has 1 atom stereocenters. The molecule has 0 unspecified atom stereocenters. The van der Waals surface area contributed by atoms with E-state index in [-0.39, 0.29) is 34.0 Å². The third-order valence-electron chi connectivity index (χ3n) is 7.14. The van der Waals surface area contributed by atoms with Gasteiger partial charge in [0.15, 0.2) is 11.6 Å². The minimum atomic E-state index is -5.03. The summed E-state index contributed by atoms with van der Waals surface area (Å²) in [6.45, 7) is 9.48. The third-order valence-corrected chi connectivity index (χ3v) is 9.33. The smallest absolute Gasteiger partial charge is 0.410 e. The van der Waals surface area contributed by atoms with Gasteiger partial charge in [-0.15, -0.1) is 11.3 Å². The SMILES string of the molecule is Cc1nc(Oc2c(C)c(F)c(NS(=O)(=O)CC(F)(F)F)c3ccccc23)c(-c2ccnc(N[C@H]3CCCN(C(=O)OC(C)(C)C)C3)n2)s1. The second-order valence-corrected chi connectivity index (χ2v) is 15.2. The van der Waals surface area contributed by atoms with Crippen LogP contribution in [0.5, 0.6) is 11.6 Å². The van der Waals surface area contributed by atoms with Crippen molar-refractivity contribution in [2.45, 2.75) is 65.3 Å². The normalized spacial score (nSPS) is 15.8. The molecule has 1 fully saturated rings. The number of nitrogens with one attached hydrogen (secondary N) is 2. The van der Waals surface area contributed by atoms with Crippen molar-refractivity contribution in [2.75, 3.05) is 28.9 Å². The minimum absolute atomic E-state index is 0.00344. The van der Waals surface area contributed by atoms with Gasteiger partial charge in [-0.2, -0.15) is 13.2 Å². The minimum Gasteiger partial charge on any atom is -0.444 e. The lowest BCUT2D eigenvalue weighted by Crippen LogP contribution is -2.47. The zero-order chi connectivity index (χ0) is 35.0. The number of alkyl halides is 3. The van der Waals surface area contributed by atoms with Crippen LogP contribution in [0, 0.1) is 19.7 Å². The molecule has 5 rings (SSSR count). The number of amides is 1. The number of thiazole rings is 1. The van der Waals surface area contributed by atoms with Gasteiger partial charge in [0.1, 0.15) is 16.2 Å². The lowest BCUT2D eigenvalue weighted by Gasteiger charge is -2.34. The molecule has 11 nitrogen and oxygen atoms in total. The van der Waals surface area contributed by atoms with Gasteiger partial charge in [0.2, 0.25) is 21.9 Å². The molecule has 1 aliphatic heterocycles. The lowest BCUT2D eigenvalue weighted by atomic mass is 10.0. The van der Waals surface area contributed by atoms with Crippen LogP contribution in [0.2, 0.25) is 0 Å². The summed E-state index contributed by atoms with van der Waals surface area (Å²) in [4.78, 5) is 28.3. The number of likely N-dealkylation sites (tertiary alicyclic amines) is 1. The quantitative estimate of drug-likeness (QED) is 0.179. The van der Waals surface area contributed by atoms with E-state index in [9.17, 15) is 26.4 Å². The molecule has 3 heterocycles. The Morgan fingerprint density at radius 1 is 1.10 bits per heavy atom. The number of hydrogen-bond donors (Lipinski definition) is 2. The average Bonchev–Trinajstić information content (AvgIpc) is 3.35. The maximum Gasteiger partial charge on any atom is 0.410 e. The van der Waals surface area contributed by atoms with Gasteiger partial charge < -0.3 is 19.7 Å². The molecule has 2 aromatic carbocycles. The van der Waals surface area contributed by atoms with Gasteiger partial charge in [-0.25, -0.2) is 32.6 Å². The summed E-state index contributed by atoms with van der Waals surface area (Å²) in [5, 5.41) is 4.14. The van der Waals surface area contributed by atoms with Crippen molar-refractivity contribution in [3.63, 3.8) is 0 Å². The summed E-state index contributed by atoms with van der Waals surface area (Å²) in [6.07, 6.45) is -2.32. The number of aromatic nitrogens is 3. The molecule has 1 saturated heterocycles. The number of piperidine rings is 1. The number of hydrogen-bond acceptors (Lipinski definition) is 10. The van der Waals surface area contributed by atoms with E-state index in [4.69, 9.17) is 9.47 Å². The number of carbonyl (C=O) groups excluding carboxylic acids is 1. The molecule has 2 aromatic heterocycles. The highest BCUT2D eigenvalue weighted by Crippen LogP contribution is 2.44. The van der Waals surface area contributed by atoms with E-state index in [0.29, 0.717) is 34.6 Å². The second-order valence-electron chi connectivity index (χ2n) is 12.3. The number of halogens is 4. The maximum atomic E-state index is 15.8. The zero-order valence-corrected chi connectivity index (χ0v) is 28.4. The number of nitrogens with zero attached hydrogens (tertiary/aromatic N) is 4. The van der Waals surface area contributed by atoms with E-state index >= 15 is 4.39 Å². The van der Waals surface area contributed by atoms with Gasteiger partial charge in [0, 0.05) is 41.7 Å². The first-order valence-electron chi connectivity index (χ1n) is 14.9. The van der Waals surface area contributed by atoms with Crippen molar-refractivity contribution in [1.29, 1.82) is 0 Å². The first-order valence-corrected chi connectivity index (χ1v) is 17.4. The average molecular weight is 711 g/mol. The molecule has 258 valence electrons. The van der Waals surface area contributed by atoms with Crippen LogP contribution < -0.4 is 14.8 Å². The number of benzene rings is 2. The fourth-order valence-electron chi connectivity index (χ4n) is 5.21. The molecule has 1 amide bonds. The Hall–Kier alpha value is -4.25. The van der Waals surface area contributed by atoms with E-state index in [1.807, 2.05) is 20.8 Å². The van der Waals surface area contributed by atoms with Crippen LogP contribution >= 0.6 is 11.3 Å². The fraction of sp³-hybridized carbons (Fsp3) is 0.419. The van der Waals surface area contributed by atoms with Gasteiger partial charge in [-0.1, -0.05) is 24.3 Å². The van der Waals surface area contributed by atoms with Crippen LogP contribution in [0.15, 0.2) is 36.5 Å². The number of rotatable bonds is 8. The Balaban J connectivity index is 1.43. The molecular weight excluding hydrogens is 677 g/mol. The van der Waals surface area contributed by atoms with Gasteiger partial charge in [-0.3, -0.25) is 4.72 Å². The van der Waals surface area contributed by atoms with Gasteiger partial charge in [0.25, 0.3) is 0 Å². The van der Waals surface area contributed by atoms with Crippen molar-refractivity contribution < 1.29 is 40.2 Å². The number of fused-ring (bicyclic) bond motifs is 1. The van der Waals surface area contributed by atoms with E-state index in [2.05, 4.69) is 20.3 Å². The molecule has 0 bridgehead atoms. The summed E-state index contributed by atoms with van der Waals surface area (Å²) >= 11 is 1.27. The van der Waals surface area contributed by atoms with Crippen molar-refractivity contribution in [1.82, 2.24) is 19.9 Å². The summed E-state index contributed by atoms with van der Waals surface area (Å²) in [5.41, 5.74) is -0.929. The summed E-state index contributed by atoms with van der Waals surface area (Å²) in [5.74, 6) is -2.86. The van der Waals surface area contributed by atoms with Crippen molar-refractivity contribution in [3.8, 4) is 22.2 Å². The largest absolute Gasteiger partial charge is 0.444 e. The van der Waals surface area contributed by atoms with Crippen LogP contribution in [0.1, 0.15) is 44.2 Å². The Morgan fingerprint density at radius 3 is 2.50 bits per heavy atom. The highest BCUT2D eigenvalue weighted by atomic mass is 32.2. The first kappa shape index (κ1) is 35.1. The van der Waals surface area contributed by atoms with Crippen LogP contribution in [0.3, 0.4) is 0 Å².